The molecule has 0 saturated heterocycles. The molecule has 13 heteroatoms. The normalized spacial score (nSPS) is 15.6. The minimum absolute atomic E-state index is 0.206. The van der Waals surface area contributed by atoms with E-state index >= 15 is 0 Å². The zero-order valence-corrected chi connectivity index (χ0v) is 16.7. The molecule has 4 aromatic rings. The second-order valence-corrected chi connectivity index (χ2v) is 7.33. The first-order valence-electron chi connectivity index (χ1n) is 9.16. The van der Waals surface area contributed by atoms with E-state index in [1.54, 1.807) is 13.1 Å². The van der Waals surface area contributed by atoms with Crippen molar-refractivity contribution in [3.63, 3.8) is 0 Å². The van der Waals surface area contributed by atoms with Crippen molar-refractivity contribution < 1.29 is 13.6 Å². The molecule has 2 amide bonds. The summed E-state index contributed by atoms with van der Waals surface area (Å²) >= 11 is 6.23. The molecule has 0 spiro atoms. The summed E-state index contributed by atoms with van der Waals surface area (Å²) in [6, 6.07) is 0.869. The van der Waals surface area contributed by atoms with Crippen LogP contribution < -0.4 is 10.2 Å². The van der Waals surface area contributed by atoms with Crippen LogP contribution in [0.2, 0.25) is 5.02 Å². The van der Waals surface area contributed by atoms with Gasteiger partial charge < -0.3 is 5.32 Å². The smallest absolute Gasteiger partial charge is 0.306 e. The molecule has 158 valence electrons. The van der Waals surface area contributed by atoms with Crippen LogP contribution in [0.4, 0.5) is 25.0 Å². The van der Waals surface area contributed by atoms with Gasteiger partial charge in [0.05, 0.1) is 59.0 Å². The van der Waals surface area contributed by atoms with Crippen molar-refractivity contribution in [1.82, 2.24) is 34.6 Å². The second-order valence-electron chi connectivity index (χ2n) is 6.92. The lowest BCUT2D eigenvalue weighted by Gasteiger charge is -2.18. The van der Waals surface area contributed by atoms with Gasteiger partial charge in [0.2, 0.25) is 6.43 Å². The Hall–Kier alpha value is -3.67. The van der Waals surface area contributed by atoms with Crippen LogP contribution in [-0.2, 0) is 0 Å². The third-order valence-corrected chi connectivity index (χ3v) is 5.18. The van der Waals surface area contributed by atoms with Crippen molar-refractivity contribution in [2.45, 2.75) is 19.3 Å². The van der Waals surface area contributed by atoms with Gasteiger partial charge in [-0.3, -0.25) is 4.90 Å². The average Bonchev–Trinajstić information content (AvgIpc) is 3.45. The number of amides is 2. The molecule has 0 bridgehead atoms. The van der Waals surface area contributed by atoms with Crippen molar-refractivity contribution in [3.05, 3.63) is 53.3 Å². The molecule has 1 unspecified atom stereocenters. The number of rotatable bonds is 3. The number of imidazole rings is 1. The van der Waals surface area contributed by atoms with E-state index in [4.69, 9.17) is 11.6 Å². The summed E-state index contributed by atoms with van der Waals surface area (Å²) in [6.07, 6.45) is 4.70. The number of alkyl halides is 2. The molecule has 0 aromatic carbocycles. The Morgan fingerprint density at radius 2 is 2.03 bits per heavy atom. The van der Waals surface area contributed by atoms with Gasteiger partial charge >= 0.3 is 6.03 Å². The number of aromatic nitrogens is 7. The minimum Gasteiger partial charge on any atom is -0.306 e. The predicted molar refractivity (Wildman–Crippen MR) is 107 cm³/mol. The lowest BCUT2D eigenvalue weighted by atomic mass is 10.0. The van der Waals surface area contributed by atoms with Crippen molar-refractivity contribution in [1.29, 1.82) is 0 Å². The highest BCUT2D eigenvalue weighted by atomic mass is 35.5. The first kappa shape index (κ1) is 19.3. The number of halogens is 3. The number of anilines is 2. The van der Waals surface area contributed by atoms with E-state index in [-0.39, 0.29) is 23.1 Å². The van der Waals surface area contributed by atoms with Crippen LogP contribution in [0.15, 0.2) is 37.1 Å². The summed E-state index contributed by atoms with van der Waals surface area (Å²) in [4.78, 5) is 23.9. The lowest BCUT2D eigenvalue weighted by molar-refractivity contribution is 0.120. The standard InChI is InChI=1S/C18H14ClF2N9O/c1-9-7-29-17(26-9)14-11(15(20)21)8-28(13(14)6-25-29)18(31)27-10-4-12(19)16(22-5-10)30-23-2-3-24-30/h2-7,11,15H,8H2,1H3,(H,27,31). The maximum atomic E-state index is 13.8. The highest BCUT2D eigenvalue weighted by Gasteiger charge is 2.40. The molecular weight excluding hydrogens is 432 g/mol. The lowest BCUT2D eigenvalue weighted by Crippen LogP contribution is -2.35. The molecular formula is C18H14ClF2N9O. The molecule has 4 aromatic heterocycles. The van der Waals surface area contributed by atoms with Gasteiger partial charge in [0.1, 0.15) is 0 Å². The number of aryl methyl sites for hydroxylation is 1. The summed E-state index contributed by atoms with van der Waals surface area (Å²) in [7, 11) is 0. The molecule has 0 fully saturated rings. The summed E-state index contributed by atoms with van der Waals surface area (Å²) in [5.41, 5.74) is 1.83. The number of hydrogen-bond acceptors (Lipinski definition) is 6. The van der Waals surface area contributed by atoms with E-state index < -0.39 is 18.4 Å². The Morgan fingerprint density at radius 3 is 2.74 bits per heavy atom. The van der Waals surface area contributed by atoms with Gasteiger partial charge in [-0.1, -0.05) is 11.6 Å². The highest BCUT2D eigenvalue weighted by molar-refractivity contribution is 6.32. The zero-order chi connectivity index (χ0) is 21.7. The molecule has 1 aliphatic rings. The van der Waals surface area contributed by atoms with Crippen LogP contribution in [0.25, 0.3) is 11.5 Å². The van der Waals surface area contributed by atoms with E-state index in [1.807, 2.05) is 0 Å². The number of carbonyl (C=O) groups excluding carboxylic acids is 1. The van der Waals surface area contributed by atoms with Crippen LogP contribution in [0.3, 0.4) is 0 Å². The van der Waals surface area contributed by atoms with Gasteiger partial charge in [0.15, 0.2) is 11.5 Å². The summed E-state index contributed by atoms with van der Waals surface area (Å²) < 4.78 is 29.0. The number of nitrogens with zero attached hydrogens (tertiary/aromatic N) is 8. The van der Waals surface area contributed by atoms with Gasteiger partial charge in [0.25, 0.3) is 0 Å². The average molecular weight is 446 g/mol. The quantitative estimate of drug-likeness (QED) is 0.519. The number of carbonyl (C=O) groups is 1. The molecule has 1 N–H and O–H groups in total. The van der Waals surface area contributed by atoms with Crippen molar-refractivity contribution >= 4 is 34.7 Å². The monoisotopic (exact) mass is 445 g/mol. The fraction of sp³-hybridized carbons (Fsp3) is 0.222. The van der Waals surface area contributed by atoms with Crippen LogP contribution in [0.5, 0.6) is 0 Å². The molecule has 5 heterocycles. The maximum absolute atomic E-state index is 13.8. The van der Waals surface area contributed by atoms with Gasteiger partial charge in [-0.2, -0.15) is 15.3 Å². The van der Waals surface area contributed by atoms with Crippen molar-refractivity contribution in [2.24, 2.45) is 0 Å². The van der Waals surface area contributed by atoms with E-state index in [9.17, 15) is 13.6 Å². The van der Waals surface area contributed by atoms with Gasteiger partial charge in [-0.25, -0.2) is 28.1 Å². The molecule has 1 aliphatic heterocycles. The maximum Gasteiger partial charge on any atom is 0.326 e. The summed E-state index contributed by atoms with van der Waals surface area (Å²) in [5.74, 6) is -0.891. The number of urea groups is 1. The van der Waals surface area contributed by atoms with Crippen molar-refractivity contribution in [3.8, 4) is 5.82 Å². The Morgan fingerprint density at radius 1 is 1.26 bits per heavy atom. The Balaban J connectivity index is 1.45. The van der Waals surface area contributed by atoms with Crippen LogP contribution in [0.1, 0.15) is 17.2 Å². The topological polar surface area (TPSA) is 106 Å². The van der Waals surface area contributed by atoms with E-state index in [0.717, 1.165) is 0 Å². The predicted octanol–water partition coefficient (Wildman–Crippen LogP) is 3.07. The number of nitrogens with one attached hydrogen (secondary N) is 1. The number of hydrogen-bond donors (Lipinski definition) is 1. The molecule has 5 rings (SSSR count). The van der Waals surface area contributed by atoms with Crippen LogP contribution in [0, 0.1) is 6.92 Å². The van der Waals surface area contributed by atoms with E-state index in [2.05, 4.69) is 30.6 Å². The summed E-state index contributed by atoms with van der Waals surface area (Å²) in [6.45, 7) is 1.54. The van der Waals surface area contributed by atoms with E-state index in [1.165, 1.54) is 45.1 Å². The third kappa shape index (κ3) is 3.24. The fourth-order valence-electron chi connectivity index (χ4n) is 3.58. The zero-order valence-electron chi connectivity index (χ0n) is 15.9. The molecule has 0 aliphatic carbocycles. The Bertz CT molecular complexity index is 1290. The minimum atomic E-state index is -2.67. The number of pyridine rings is 1. The second kappa shape index (κ2) is 7.23. The Labute approximate surface area is 178 Å². The van der Waals surface area contributed by atoms with Gasteiger partial charge in [-0.15, -0.1) is 4.80 Å². The van der Waals surface area contributed by atoms with E-state index in [0.29, 0.717) is 22.6 Å². The van der Waals surface area contributed by atoms with Gasteiger partial charge in [-0.05, 0) is 13.0 Å². The third-order valence-electron chi connectivity index (χ3n) is 4.90. The molecule has 0 radical (unpaired) electrons. The van der Waals surface area contributed by atoms with Crippen molar-refractivity contribution in [2.75, 3.05) is 16.8 Å². The van der Waals surface area contributed by atoms with Crippen LogP contribution in [-0.4, -0.2) is 53.6 Å². The molecule has 1 atom stereocenters. The summed E-state index contributed by atoms with van der Waals surface area (Å²) in [5, 5.41) is 15.0. The van der Waals surface area contributed by atoms with Gasteiger partial charge in [0, 0.05) is 12.1 Å². The fourth-order valence-corrected chi connectivity index (χ4v) is 3.82. The Kier molecular flexibility index (Phi) is 4.50. The van der Waals surface area contributed by atoms with Crippen LogP contribution >= 0.6 is 11.6 Å². The largest absolute Gasteiger partial charge is 0.326 e. The molecule has 10 nitrogen and oxygen atoms in total. The SMILES string of the molecule is Cc1cn2ncc3c(c2n1)C(C(F)F)CN3C(=O)Nc1cnc(-n2nccn2)c(Cl)c1. The molecule has 0 saturated carbocycles. The first-order chi connectivity index (χ1) is 14.9. The number of fused-ring (bicyclic) bond motifs is 3. The molecule has 31 heavy (non-hydrogen) atoms. The first-order valence-corrected chi connectivity index (χ1v) is 9.54. The highest BCUT2D eigenvalue weighted by Crippen LogP contribution is 2.41.